The summed E-state index contributed by atoms with van der Waals surface area (Å²) in [6.07, 6.45) is 1.01. The van der Waals surface area contributed by atoms with Gasteiger partial charge in [0.2, 0.25) is 0 Å². The lowest BCUT2D eigenvalue weighted by molar-refractivity contribution is -0.165. The van der Waals surface area contributed by atoms with Crippen LogP contribution in [0.5, 0.6) is 5.75 Å². The molecule has 0 amide bonds. The Kier molecular flexibility index (Phi) is 6.34. The van der Waals surface area contributed by atoms with Crippen LogP contribution in [-0.4, -0.2) is 30.4 Å². The average Bonchev–Trinajstić information content (AvgIpc) is 2.73. The van der Waals surface area contributed by atoms with Gasteiger partial charge in [-0.25, -0.2) is 0 Å². The first kappa shape index (κ1) is 22.8. The monoisotopic (exact) mass is 520 g/mol. The van der Waals surface area contributed by atoms with E-state index in [1.165, 1.54) is 6.07 Å². The highest BCUT2D eigenvalue weighted by Crippen LogP contribution is 2.42. The molecular formula is C24H22BrClO6. The number of carboxylic acids is 1. The Bertz CT molecular complexity index is 1250. The molecule has 1 aromatic heterocycles. The van der Waals surface area contributed by atoms with Crippen molar-refractivity contribution in [3.05, 3.63) is 61.7 Å². The summed E-state index contributed by atoms with van der Waals surface area (Å²) in [6, 6.07) is 10.4. The standard InChI is InChI=1S/C24H22BrClO6/c1-13-9-14(20-10-18(27)16-4-5-17(25)21(26)22(16)32-20)3-6-19(13)31-8-7-30-15-11-24(2,12-15)23(28)29/h3-6,9-10,15H,7-8,11-12H2,1-2H3,(H,28,29). The molecule has 0 aliphatic heterocycles. The highest BCUT2D eigenvalue weighted by molar-refractivity contribution is 9.10. The van der Waals surface area contributed by atoms with Crippen molar-refractivity contribution in [1.82, 2.24) is 0 Å². The maximum absolute atomic E-state index is 12.5. The van der Waals surface area contributed by atoms with Gasteiger partial charge in [0.25, 0.3) is 0 Å². The molecule has 1 aliphatic rings. The van der Waals surface area contributed by atoms with E-state index in [1.807, 2.05) is 25.1 Å². The van der Waals surface area contributed by atoms with Gasteiger partial charge in [0.05, 0.1) is 28.5 Å². The van der Waals surface area contributed by atoms with E-state index in [4.69, 9.17) is 30.6 Å². The van der Waals surface area contributed by atoms with Crippen LogP contribution >= 0.6 is 27.5 Å². The molecular weight excluding hydrogens is 500 g/mol. The number of carbonyl (C=O) groups is 1. The predicted octanol–water partition coefficient (Wildman–Crippen LogP) is 5.83. The molecule has 1 fully saturated rings. The molecule has 1 N–H and O–H groups in total. The summed E-state index contributed by atoms with van der Waals surface area (Å²) in [6.45, 7) is 4.39. The molecule has 0 unspecified atom stereocenters. The van der Waals surface area contributed by atoms with E-state index < -0.39 is 11.4 Å². The van der Waals surface area contributed by atoms with Crippen molar-refractivity contribution < 1.29 is 23.8 Å². The smallest absolute Gasteiger partial charge is 0.309 e. The highest BCUT2D eigenvalue weighted by Gasteiger charge is 2.47. The number of hydrogen-bond donors (Lipinski definition) is 1. The van der Waals surface area contributed by atoms with Crippen molar-refractivity contribution in [3.8, 4) is 17.1 Å². The van der Waals surface area contributed by atoms with E-state index in [2.05, 4.69) is 15.9 Å². The van der Waals surface area contributed by atoms with E-state index in [0.717, 1.165) is 11.1 Å². The Morgan fingerprint density at radius 3 is 2.69 bits per heavy atom. The quantitative estimate of drug-likeness (QED) is 0.394. The van der Waals surface area contributed by atoms with Crippen LogP contribution in [0, 0.1) is 12.3 Å². The van der Waals surface area contributed by atoms with Crippen molar-refractivity contribution >= 4 is 44.5 Å². The third-order valence-corrected chi connectivity index (χ3v) is 7.08. The van der Waals surface area contributed by atoms with Gasteiger partial charge in [0, 0.05) is 16.1 Å². The SMILES string of the molecule is Cc1cc(-c2cc(=O)c3ccc(Br)c(Cl)c3o2)ccc1OCCOC1CC(C)(C(=O)O)C1. The zero-order valence-corrected chi connectivity index (χ0v) is 20.0. The van der Waals surface area contributed by atoms with Crippen molar-refractivity contribution in [2.45, 2.75) is 32.8 Å². The van der Waals surface area contributed by atoms with Crippen LogP contribution in [0.1, 0.15) is 25.3 Å². The first-order valence-electron chi connectivity index (χ1n) is 10.2. The summed E-state index contributed by atoms with van der Waals surface area (Å²) in [5, 5.41) is 9.93. The van der Waals surface area contributed by atoms with Gasteiger partial charge >= 0.3 is 5.97 Å². The number of rotatable bonds is 7. The topological polar surface area (TPSA) is 86.0 Å². The minimum absolute atomic E-state index is 0.0363. The van der Waals surface area contributed by atoms with Gasteiger partial charge in [-0.2, -0.15) is 0 Å². The Labute approximate surface area is 198 Å². The van der Waals surface area contributed by atoms with E-state index in [0.29, 0.717) is 58.0 Å². The Hall–Kier alpha value is -2.35. The van der Waals surface area contributed by atoms with Gasteiger partial charge in [0.15, 0.2) is 11.0 Å². The second-order valence-electron chi connectivity index (χ2n) is 8.31. The van der Waals surface area contributed by atoms with Crippen molar-refractivity contribution in [1.29, 1.82) is 0 Å². The lowest BCUT2D eigenvalue weighted by Gasteiger charge is -2.41. The summed E-state index contributed by atoms with van der Waals surface area (Å²) in [5.41, 5.74) is 1.13. The number of halogens is 2. The Morgan fingerprint density at radius 1 is 1.25 bits per heavy atom. The third-order valence-electron chi connectivity index (χ3n) is 5.82. The molecule has 1 heterocycles. The van der Waals surface area contributed by atoms with Crippen LogP contribution in [0.2, 0.25) is 5.02 Å². The third kappa shape index (κ3) is 4.42. The molecule has 0 atom stereocenters. The summed E-state index contributed by atoms with van der Waals surface area (Å²) >= 11 is 9.67. The largest absolute Gasteiger partial charge is 0.491 e. The number of hydrogen-bond acceptors (Lipinski definition) is 5. The molecule has 6 nitrogen and oxygen atoms in total. The molecule has 32 heavy (non-hydrogen) atoms. The average molecular weight is 522 g/mol. The number of aryl methyl sites for hydroxylation is 1. The van der Waals surface area contributed by atoms with Gasteiger partial charge < -0.3 is 19.0 Å². The fraction of sp³-hybridized carbons (Fsp3) is 0.333. The van der Waals surface area contributed by atoms with Crippen molar-refractivity contribution in [2.24, 2.45) is 5.41 Å². The predicted molar refractivity (Wildman–Crippen MR) is 126 cm³/mol. The van der Waals surface area contributed by atoms with Crippen LogP contribution in [0.3, 0.4) is 0 Å². The van der Waals surface area contributed by atoms with Gasteiger partial charge in [-0.3, -0.25) is 9.59 Å². The zero-order chi connectivity index (χ0) is 23.0. The van der Waals surface area contributed by atoms with Crippen molar-refractivity contribution in [3.63, 3.8) is 0 Å². The van der Waals surface area contributed by atoms with Crippen LogP contribution in [0.25, 0.3) is 22.3 Å². The Morgan fingerprint density at radius 2 is 2.00 bits per heavy atom. The van der Waals surface area contributed by atoms with Gasteiger partial charge in [-0.1, -0.05) is 11.6 Å². The molecule has 8 heteroatoms. The molecule has 168 valence electrons. The molecule has 0 saturated heterocycles. The van der Waals surface area contributed by atoms with Crippen LogP contribution in [-0.2, 0) is 9.53 Å². The molecule has 1 saturated carbocycles. The normalized spacial score (nSPS) is 20.2. The number of aliphatic carboxylic acids is 1. The van der Waals surface area contributed by atoms with Crippen LogP contribution in [0.4, 0.5) is 0 Å². The fourth-order valence-electron chi connectivity index (χ4n) is 3.87. The van der Waals surface area contributed by atoms with Crippen LogP contribution in [0.15, 0.2) is 50.1 Å². The highest BCUT2D eigenvalue weighted by atomic mass is 79.9. The zero-order valence-electron chi connectivity index (χ0n) is 17.6. The Balaban J connectivity index is 1.41. The number of fused-ring (bicyclic) bond motifs is 1. The molecule has 4 rings (SSSR count). The van der Waals surface area contributed by atoms with Gasteiger partial charge in [-0.05, 0) is 78.5 Å². The number of ether oxygens (including phenoxy) is 2. The summed E-state index contributed by atoms with van der Waals surface area (Å²) < 4.78 is 18.1. The van der Waals surface area contributed by atoms with E-state index in [1.54, 1.807) is 19.1 Å². The minimum atomic E-state index is -0.776. The summed E-state index contributed by atoms with van der Waals surface area (Å²) in [5.74, 6) is 0.346. The summed E-state index contributed by atoms with van der Waals surface area (Å²) in [4.78, 5) is 23.7. The second-order valence-corrected chi connectivity index (χ2v) is 9.54. The minimum Gasteiger partial charge on any atom is -0.491 e. The van der Waals surface area contributed by atoms with Crippen LogP contribution < -0.4 is 10.2 Å². The maximum Gasteiger partial charge on any atom is 0.309 e. The first-order chi connectivity index (χ1) is 15.2. The van der Waals surface area contributed by atoms with Gasteiger partial charge in [0.1, 0.15) is 18.1 Å². The summed E-state index contributed by atoms with van der Waals surface area (Å²) in [7, 11) is 0. The lowest BCUT2D eigenvalue weighted by Crippen LogP contribution is -2.46. The number of benzene rings is 2. The first-order valence-corrected chi connectivity index (χ1v) is 11.4. The second kappa shape index (κ2) is 8.89. The molecule has 0 bridgehead atoms. The molecule has 1 aliphatic carbocycles. The van der Waals surface area contributed by atoms with E-state index >= 15 is 0 Å². The molecule has 3 aromatic rings. The van der Waals surface area contributed by atoms with Gasteiger partial charge in [-0.15, -0.1) is 0 Å². The lowest BCUT2D eigenvalue weighted by atomic mass is 9.68. The maximum atomic E-state index is 12.5. The molecule has 0 spiro atoms. The van der Waals surface area contributed by atoms with Crippen molar-refractivity contribution in [2.75, 3.05) is 13.2 Å². The van der Waals surface area contributed by atoms with E-state index in [-0.39, 0.29) is 11.5 Å². The fourth-order valence-corrected chi connectivity index (χ4v) is 4.39. The molecule has 0 radical (unpaired) electrons. The number of carboxylic acid groups (broad SMARTS) is 1. The van der Waals surface area contributed by atoms with E-state index in [9.17, 15) is 9.59 Å². The molecule has 2 aromatic carbocycles.